The van der Waals surface area contributed by atoms with Gasteiger partial charge in [0.25, 0.3) is 0 Å². The molecule has 0 aliphatic carbocycles. The van der Waals surface area contributed by atoms with Gasteiger partial charge in [-0.15, -0.1) is 5.10 Å². The summed E-state index contributed by atoms with van der Waals surface area (Å²) in [6, 6.07) is 0. The third-order valence-electron chi connectivity index (χ3n) is 2.57. The largest absolute Gasteiger partial charge is 0.354 e. The predicted octanol–water partition coefficient (Wildman–Crippen LogP) is 0.698. The van der Waals surface area contributed by atoms with Crippen LogP contribution < -0.4 is 11.0 Å². The fourth-order valence-corrected chi connectivity index (χ4v) is 2.50. The van der Waals surface area contributed by atoms with Gasteiger partial charge in [0, 0.05) is 13.6 Å². The number of hydrogen-bond donors (Lipinski definition) is 2. The van der Waals surface area contributed by atoms with Crippen LogP contribution >= 0.6 is 11.8 Å². The first-order valence-electron chi connectivity index (χ1n) is 6.00. The Kier molecular flexibility index (Phi) is 4.21. The van der Waals surface area contributed by atoms with E-state index in [0.717, 1.165) is 11.8 Å². The number of aromatic amines is 1. The van der Waals surface area contributed by atoms with Gasteiger partial charge in [0.15, 0.2) is 10.2 Å². The molecule has 21 heavy (non-hydrogen) atoms. The summed E-state index contributed by atoms with van der Waals surface area (Å²) in [7, 11) is 1.51. The number of hydrogen-bond acceptors (Lipinski definition) is 8. The minimum atomic E-state index is -0.543. The Labute approximate surface area is 123 Å². The molecule has 2 rings (SSSR count). The van der Waals surface area contributed by atoms with Crippen LogP contribution in [0.2, 0.25) is 0 Å². The summed E-state index contributed by atoms with van der Waals surface area (Å²) in [4.78, 5) is 30.1. The lowest BCUT2D eigenvalue weighted by atomic mass is 10.4. The number of H-pyrrole nitrogens is 1. The molecule has 2 N–H and O–H groups in total. The Morgan fingerprint density at radius 2 is 2.19 bits per heavy atom. The van der Waals surface area contributed by atoms with E-state index in [2.05, 4.69) is 25.5 Å². The molecule has 112 valence electrons. The Balaban J connectivity index is 2.51. The van der Waals surface area contributed by atoms with Crippen molar-refractivity contribution in [3.05, 3.63) is 26.3 Å². The molecular weight excluding hydrogens is 298 g/mol. The first kappa shape index (κ1) is 15.0. The third-order valence-corrected chi connectivity index (χ3v) is 3.60. The molecular formula is C10H13N7O3S. The molecule has 0 aliphatic heterocycles. The van der Waals surface area contributed by atoms with E-state index in [0.29, 0.717) is 12.5 Å². The van der Waals surface area contributed by atoms with Gasteiger partial charge in [-0.2, -0.15) is 4.98 Å². The first-order valence-corrected chi connectivity index (χ1v) is 6.81. The smallest absolute Gasteiger partial charge is 0.343 e. The Morgan fingerprint density at radius 3 is 2.71 bits per heavy atom. The summed E-state index contributed by atoms with van der Waals surface area (Å²) in [5.74, 6) is 0.295. The lowest BCUT2D eigenvalue weighted by Crippen LogP contribution is -2.13. The van der Waals surface area contributed by atoms with Crippen LogP contribution in [0.1, 0.15) is 12.6 Å². The van der Waals surface area contributed by atoms with Crippen LogP contribution in [0.5, 0.6) is 0 Å². The molecule has 0 spiro atoms. The van der Waals surface area contributed by atoms with Crippen LogP contribution in [0, 0.1) is 17.0 Å². The number of nitrogens with zero attached hydrogens (tertiary/aromatic N) is 5. The van der Waals surface area contributed by atoms with Gasteiger partial charge in [-0.05, 0) is 25.6 Å². The van der Waals surface area contributed by atoms with Crippen molar-refractivity contribution in [3.63, 3.8) is 0 Å². The predicted molar refractivity (Wildman–Crippen MR) is 75.5 cm³/mol. The zero-order valence-electron chi connectivity index (χ0n) is 11.6. The molecule has 0 saturated heterocycles. The highest BCUT2D eigenvalue weighted by Crippen LogP contribution is 2.33. The van der Waals surface area contributed by atoms with Crippen molar-refractivity contribution in [2.75, 3.05) is 11.9 Å². The van der Waals surface area contributed by atoms with Gasteiger partial charge in [-0.1, -0.05) is 0 Å². The van der Waals surface area contributed by atoms with E-state index < -0.39 is 10.6 Å². The van der Waals surface area contributed by atoms with Gasteiger partial charge in [0.1, 0.15) is 5.69 Å². The third kappa shape index (κ3) is 3.02. The summed E-state index contributed by atoms with van der Waals surface area (Å²) < 4.78 is 1.25. The second kappa shape index (κ2) is 5.91. The summed E-state index contributed by atoms with van der Waals surface area (Å²) in [5, 5.41) is 20.6. The average molecular weight is 311 g/mol. The van der Waals surface area contributed by atoms with E-state index in [-0.39, 0.29) is 21.6 Å². The Morgan fingerprint density at radius 1 is 1.48 bits per heavy atom. The summed E-state index contributed by atoms with van der Waals surface area (Å²) in [6.07, 6.45) is 0. The van der Waals surface area contributed by atoms with E-state index >= 15 is 0 Å². The molecule has 0 saturated carbocycles. The molecule has 0 amide bonds. The number of aromatic nitrogens is 5. The van der Waals surface area contributed by atoms with Crippen LogP contribution in [0.3, 0.4) is 0 Å². The zero-order chi connectivity index (χ0) is 15.6. The summed E-state index contributed by atoms with van der Waals surface area (Å²) >= 11 is 0.932. The Hall–Kier alpha value is -2.43. The number of nitro groups is 1. The van der Waals surface area contributed by atoms with Crippen LogP contribution in [-0.4, -0.2) is 36.2 Å². The van der Waals surface area contributed by atoms with Crippen LogP contribution in [0.25, 0.3) is 0 Å². The monoisotopic (exact) mass is 311 g/mol. The van der Waals surface area contributed by atoms with Gasteiger partial charge in [0.2, 0.25) is 5.95 Å². The number of anilines is 1. The minimum Gasteiger partial charge on any atom is -0.354 e. The molecule has 10 nitrogen and oxygen atoms in total. The maximum absolute atomic E-state index is 11.3. The van der Waals surface area contributed by atoms with E-state index in [4.69, 9.17) is 0 Å². The van der Waals surface area contributed by atoms with Gasteiger partial charge >= 0.3 is 11.4 Å². The lowest BCUT2D eigenvalue weighted by molar-refractivity contribution is -0.389. The van der Waals surface area contributed by atoms with Gasteiger partial charge < -0.3 is 5.32 Å². The van der Waals surface area contributed by atoms with Gasteiger partial charge in [-0.25, -0.2) is 14.9 Å². The quantitative estimate of drug-likeness (QED) is 0.468. The molecule has 0 bridgehead atoms. The molecule has 11 heteroatoms. The number of aryl methyl sites for hydroxylation is 1. The second-order valence-corrected chi connectivity index (χ2v) is 5.00. The van der Waals surface area contributed by atoms with Crippen molar-refractivity contribution in [1.82, 2.24) is 24.7 Å². The molecule has 2 heterocycles. The average Bonchev–Trinajstić information content (AvgIpc) is 2.70. The number of rotatable bonds is 5. The highest BCUT2D eigenvalue weighted by molar-refractivity contribution is 7.99. The Bertz CT molecular complexity index is 739. The normalized spacial score (nSPS) is 10.6. The van der Waals surface area contributed by atoms with Crippen LogP contribution in [-0.2, 0) is 7.05 Å². The second-order valence-electron chi connectivity index (χ2n) is 4.05. The molecule has 0 atom stereocenters. The zero-order valence-corrected chi connectivity index (χ0v) is 12.4. The van der Waals surface area contributed by atoms with Crippen molar-refractivity contribution in [2.24, 2.45) is 7.05 Å². The van der Waals surface area contributed by atoms with E-state index in [1.165, 1.54) is 18.5 Å². The van der Waals surface area contributed by atoms with Crippen molar-refractivity contribution in [3.8, 4) is 0 Å². The van der Waals surface area contributed by atoms with E-state index in [1.807, 2.05) is 6.92 Å². The van der Waals surface area contributed by atoms with E-state index in [9.17, 15) is 14.9 Å². The summed E-state index contributed by atoms with van der Waals surface area (Å²) in [6.45, 7) is 3.99. The minimum absolute atomic E-state index is 0.130. The molecule has 0 fully saturated rings. The van der Waals surface area contributed by atoms with E-state index in [1.54, 1.807) is 0 Å². The molecule has 0 radical (unpaired) electrons. The SMILES string of the molecule is CCNc1nc(C)c([N+](=O)[O-])c(Sc2n[nH]c(=O)n2C)n1. The summed E-state index contributed by atoms with van der Waals surface area (Å²) in [5.41, 5.74) is -0.357. The topological polar surface area (TPSA) is 132 Å². The molecule has 0 aromatic carbocycles. The van der Waals surface area contributed by atoms with Gasteiger partial charge in [-0.3, -0.25) is 14.7 Å². The van der Waals surface area contributed by atoms with Crippen molar-refractivity contribution in [1.29, 1.82) is 0 Å². The van der Waals surface area contributed by atoms with Crippen molar-refractivity contribution < 1.29 is 4.92 Å². The number of nitrogens with one attached hydrogen (secondary N) is 2. The van der Waals surface area contributed by atoms with Crippen LogP contribution in [0.15, 0.2) is 15.0 Å². The molecule has 0 aliphatic rings. The standard InChI is InChI=1S/C10H13N7O3S/c1-4-11-8-12-5(2)6(17(19)20)7(13-8)21-10-15-14-9(18)16(10)3/h4H2,1-3H3,(H,14,18)(H,11,12,13). The lowest BCUT2D eigenvalue weighted by Gasteiger charge is -2.07. The maximum Gasteiger partial charge on any atom is 0.343 e. The maximum atomic E-state index is 11.3. The first-order chi connectivity index (χ1) is 9.93. The fourth-order valence-electron chi connectivity index (χ4n) is 1.57. The molecule has 2 aromatic rings. The highest BCUT2D eigenvalue weighted by Gasteiger charge is 2.24. The molecule has 0 unspecified atom stereocenters. The fraction of sp³-hybridized carbons (Fsp3) is 0.400. The molecule has 2 aromatic heterocycles. The highest BCUT2D eigenvalue weighted by atomic mass is 32.2. The van der Waals surface area contributed by atoms with Gasteiger partial charge in [0.05, 0.1) is 4.92 Å². The van der Waals surface area contributed by atoms with Crippen molar-refractivity contribution >= 4 is 23.4 Å². The van der Waals surface area contributed by atoms with Crippen molar-refractivity contribution in [2.45, 2.75) is 24.0 Å². The van der Waals surface area contributed by atoms with Crippen LogP contribution in [0.4, 0.5) is 11.6 Å².